The van der Waals surface area contributed by atoms with Crippen LogP contribution in [0.25, 0.3) is 10.6 Å². The number of carbonyl (C=O) groups excluding carboxylic acids is 1. The molecule has 24 heavy (non-hydrogen) atoms. The number of carbonyl (C=O) groups is 1. The van der Waals surface area contributed by atoms with Crippen LogP contribution >= 0.6 is 11.3 Å². The summed E-state index contributed by atoms with van der Waals surface area (Å²) in [5, 5.41) is 8.78. The van der Waals surface area contributed by atoms with Crippen LogP contribution in [0.2, 0.25) is 0 Å². The minimum atomic E-state index is -0.268. The standard InChI is InChI=1S/C17H16N4O2S/c1-10-15(16(21-23-10)13-3-2-6-24-13)17(22)20-12-8-18-14(19-9-12)7-11-4-5-11/h2-3,6,8-9,11H,4-5,7H2,1H3,(H,20,22). The van der Waals surface area contributed by atoms with Gasteiger partial charge in [0.05, 0.1) is 23.0 Å². The molecule has 1 aliphatic rings. The van der Waals surface area contributed by atoms with Crippen molar-refractivity contribution in [2.24, 2.45) is 5.92 Å². The van der Waals surface area contributed by atoms with E-state index in [1.807, 2.05) is 17.5 Å². The smallest absolute Gasteiger partial charge is 0.261 e. The summed E-state index contributed by atoms with van der Waals surface area (Å²) in [5.41, 5.74) is 1.57. The highest BCUT2D eigenvalue weighted by atomic mass is 32.1. The second-order valence-corrected chi connectivity index (χ2v) is 6.88. The van der Waals surface area contributed by atoms with Gasteiger partial charge in [0.25, 0.3) is 5.91 Å². The average molecular weight is 340 g/mol. The number of aromatic nitrogens is 3. The maximum Gasteiger partial charge on any atom is 0.261 e. The number of hydrogen-bond donors (Lipinski definition) is 1. The van der Waals surface area contributed by atoms with Gasteiger partial charge < -0.3 is 9.84 Å². The summed E-state index contributed by atoms with van der Waals surface area (Å²) in [6.07, 6.45) is 6.74. The Morgan fingerprint density at radius 3 is 2.83 bits per heavy atom. The van der Waals surface area contributed by atoms with E-state index in [0.29, 0.717) is 22.7 Å². The maximum atomic E-state index is 12.6. The summed E-state index contributed by atoms with van der Waals surface area (Å²) in [7, 11) is 0. The monoisotopic (exact) mass is 340 g/mol. The van der Waals surface area contributed by atoms with Gasteiger partial charge in [0.15, 0.2) is 0 Å². The lowest BCUT2D eigenvalue weighted by Gasteiger charge is -2.05. The molecule has 0 spiro atoms. The lowest BCUT2D eigenvalue weighted by molar-refractivity contribution is 0.102. The molecule has 0 aromatic carbocycles. The highest BCUT2D eigenvalue weighted by Gasteiger charge is 2.24. The van der Waals surface area contributed by atoms with E-state index < -0.39 is 0 Å². The first-order valence-corrected chi connectivity index (χ1v) is 8.71. The van der Waals surface area contributed by atoms with Crippen LogP contribution in [-0.4, -0.2) is 21.0 Å². The van der Waals surface area contributed by atoms with Gasteiger partial charge in [-0.15, -0.1) is 11.3 Å². The molecule has 1 saturated carbocycles. The number of aryl methyl sites for hydroxylation is 1. The molecule has 0 atom stereocenters. The Kier molecular flexibility index (Phi) is 3.86. The van der Waals surface area contributed by atoms with Crippen molar-refractivity contribution in [3.8, 4) is 10.6 Å². The van der Waals surface area contributed by atoms with E-state index in [9.17, 15) is 4.79 Å². The number of amides is 1. The Hall–Kier alpha value is -2.54. The van der Waals surface area contributed by atoms with Gasteiger partial charge >= 0.3 is 0 Å². The van der Waals surface area contributed by atoms with E-state index >= 15 is 0 Å². The Balaban J connectivity index is 1.53. The maximum absolute atomic E-state index is 12.6. The van der Waals surface area contributed by atoms with Gasteiger partial charge in [-0.3, -0.25) is 4.79 Å². The summed E-state index contributed by atoms with van der Waals surface area (Å²) in [6.45, 7) is 1.73. The third-order valence-electron chi connectivity index (χ3n) is 3.98. The predicted molar refractivity (Wildman–Crippen MR) is 91.0 cm³/mol. The summed E-state index contributed by atoms with van der Waals surface area (Å²) < 4.78 is 5.21. The van der Waals surface area contributed by atoms with Gasteiger partial charge in [0.1, 0.15) is 22.8 Å². The molecule has 1 fully saturated rings. The Morgan fingerprint density at radius 1 is 1.38 bits per heavy atom. The molecule has 3 heterocycles. The fourth-order valence-corrected chi connectivity index (χ4v) is 3.23. The molecule has 0 radical (unpaired) electrons. The molecule has 1 N–H and O–H groups in total. The van der Waals surface area contributed by atoms with Crippen molar-refractivity contribution >= 4 is 22.9 Å². The topological polar surface area (TPSA) is 80.9 Å². The molecular weight excluding hydrogens is 324 g/mol. The highest BCUT2D eigenvalue weighted by Crippen LogP contribution is 2.32. The van der Waals surface area contributed by atoms with E-state index in [1.165, 1.54) is 24.2 Å². The van der Waals surface area contributed by atoms with Gasteiger partial charge in [0, 0.05) is 6.42 Å². The Morgan fingerprint density at radius 2 is 2.17 bits per heavy atom. The molecule has 4 rings (SSSR count). The molecule has 1 aliphatic carbocycles. The summed E-state index contributed by atoms with van der Waals surface area (Å²) in [5.74, 6) is 1.78. The number of hydrogen-bond acceptors (Lipinski definition) is 6. The molecule has 122 valence electrons. The first kappa shape index (κ1) is 15.0. The molecule has 0 saturated heterocycles. The molecule has 0 aliphatic heterocycles. The van der Waals surface area contributed by atoms with Crippen molar-refractivity contribution in [3.05, 3.63) is 47.1 Å². The fourth-order valence-electron chi connectivity index (χ4n) is 2.52. The zero-order chi connectivity index (χ0) is 16.5. The minimum absolute atomic E-state index is 0.268. The first-order valence-electron chi connectivity index (χ1n) is 7.83. The second kappa shape index (κ2) is 6.16. The highest BCUT2D eigenvalue weighted by molar-refractivity contribution is 7.13. The number of anilines is 1. The summed E-state index contributed by atoms with van der Waals surface area (Å²) in [4.78, 5) is 22.2. The third-order valence-corrected chi connectivity index (χ3v) is 4.85. The van der Waals surface area contributed by atoms with Crippen LogP contribution in [0.15, 0.2) is 34.4 Å². The van der Waals surface area contributed by atoms with Crippen LogP contribution < -0.4 is 5.32 Å². The molecule has 0 bridgehead atoms. The second-order valence-electron chi connectivity index (χ2n) is 5.93. The average Bonchev–Trinajstić information content (AvgIpc) is 3.08. The first-order chi connectivity index (χ1) is 11.7. The number of nitrogens with one attached hydrogen (secondary N) is 1. The Labute approximate surface area is 142 Å². The summed E-state index contributed by atoms with van der Waals surface area (Å²) in [6, 6.07) is 3.83. The molecule has 3 aromatic heterocycles. The fraction of sp³-hybridized carbons (Fsp3) is 0.294. The van der Waals surface area contributed by atoms with Crippen molar-refractivity contribution in [1.29, 1.82) is 0 Å². The normalized spacial score (nSPS) is 13.9. The third kappa shape index (κ3) is 3.07. The summed E-state index contributed by atoms with van der Waals surface area (Å²) >= 11 is 1.51. The molecule has 7 heteroatoms. The van der Waals surface area contributed by atoms with Gasteiger partial charge in [0.2, 0.25) is 0 Å². The largest absolute Gasteiger partial charge is 0.360 e. The van der Waals surface area contributed by atoms with E-state index in [0.717, 1.165) is 23.0 Å². The van der Waals surface area contributed by atoms with Crippen LogP contribution in [0, 0.1) is 12.8 Å². The predicted octanol–water partition coefficient (Wildman–Crippen LogP) is 3.71. The van der Waals surface area contributed by atoms with Crippen LogP contribution in [0.1, 0.15) is 34.8 Å². The SMILES string of the molecule is Cc1onc(-c2cccs2)c1C(=O)Nc1cnc(CC2CC2)nc1. The number of rotatable bonds is 5. The van der Waals surface area contributed by atoms with Crippen molar-refractivity contribution in [2.45, 2.75) is 26.2 Å². The van der Waals surface area contributed by atoms with E-state index in [-0.39, 0.29) is 5.91 Å². The van der Waals surface area contributed by atoms with Crippen molar-refractivity contribution < 1.29 is 9.32 Å². The minimum Gasteiger partial charge on any atom is -0.360 e. The number of nitrogens with zero attached hydrogens (tertiary/aromatic N) is 3. The van der Waals surface area contributed by atoms with Crippen molar-refractivity contribution in [1.82, 2.24) is 15.1 Å². The van der Waals surface area contributed by atoms with Crippen LogP contribution in [0.4, 0.5) is 5.69 Å². The zero-order valence-corrected chi connectivity index (χ0v) is 14.0. The molecule has 3 aromatic rings. The molecule has 1 amide bonds. The van der Waals surface area contributed by atoms with Crippen molar-refractivity contribution in [2.75, 3.05) is 5.32 Å². The lowest BCUT2D eigenvalue weighted by atomic mass is 10.1. The molecule has 6 nitrogen and oxygen atoms in total. The van der Waals surface area contributed by atoms with Crippen LogP contribution in [-0.2, 0) is 6.42 Å². The zero-order valence-electron chi connectivity index (χ0n) is 13.2. The van der Waals surface area contributed by atoms with Gasteiger partial charge in [-0.25, -0.2) is 9.97 Å². The van der Waals surface area contributed by atoms with E-state index in [4.69, 9.17) is 4.52 Å². The molecular formula is C17H16N4O2S. The van der Waals surface area contributed by atoms with Crippen LogP contribution in [0.3, 0.4) is 0 Å². The van der Waals surface area contributed by atoms with Gasteiger partial charge in [-0.1, -0.05) is 11.2 Å². The number of thiophene rings is 1. The van der Waals surface area contributed by atoms with Gasteiger partial charge in [-0.2, -0.15) is 0 Å². The van der Waals surface area contributed by atoms with Gasteiger partial charge in [-0.05, 0) is 37.1 Å². The molecule has 0 unspecified atom stereocenters. The Bertz CT molecular complexity index is 851. The van der Waals surface area contributed by atoms with E-state index in [2.05, 4.69) is 20.4 Å². The van der Waals surface area contributed by atoms with E-state index in [1.54, 1.807) is 19.3 Å². The van der Waals surface area contributed by atoms with Crippen LogP contribution in [0.5, 0.6) is 0 Å². The van der Waals surface area contributed by atoms with Crippen molar-refractivity contribution in [3.63, 3.8) is 0 Å². The quantitative estimate of drug-likeness (QED) is 0.766. The lowest BCUT2D eigenvalue weighted by Crippen LogP contribution is -2.14.